The van der Waals surface area contributed by atoms with Crippen LogP contribution < -0.4 is 16.4 Å². The highest BCUT2D eigenvalue weighted by Crippen LogP contribution is 2.29. The molecule has 20 heavy (non-hydrogen) atoms. The van der Waals surface area contributed by atoms with Crippen molar-refractivity contribution in [1.82, 2.24) is 9.97 Å². The molecule has 0 amide bonds. The van der Waals surface area contributed by atoms with E-state index in [0.29, 0.717) is 0 Å². The summed E-state index contributed by atoms with van der Waals surface area (Å²) < 4.78 is 0. The maximum atomic E-state index is 10.9. The van der Waals surface area contributed by atoms with Crippen molar-refractivity contribution in [2.45, 2.75) is 6.92 Å². The Morgan fingerprint density at radius 1 is 1.35 bits per heavy atom. The third-order valence-electron chi connectivity index (χ3n) is 2.60. The Hall–Kier alpha value is -2.90. The first kappa shape index (κ1) is 13.5. The molecular weight excluding hydrogens is 260 g/mol. The van der Waals surface area contributed by atoms with Gasteiger partial charge in [0.2, 0.25) is 17.6 Å². The largest absolute Gasteiger partial charge is 0.378 e. The molecule has 1 aromatic heterocycles. The average Bonchev–Trinajstić information content (AvgIpc) is 2.37. The number of nitrogen functional groups attached to an aromatic ring is 1. The molecule has 8 nitrogen and oxygen atoms in total. The minimum absolute atomic E-state index is 0.0673. The first-order valence-electron chi connectivity index (χ1n) is 5.84. The average molecular weight is 274 g/mol. The Bertz CT molecular complexity index is 658. The quantitative estimate of drug-likeness (QED) is 0.576. The van der Waals surface area contributed by atoms with Gasteiger partial charge in [0.25, 0.3) is 0 Å². The van der Waals surface area contributed by atoms with E-state index in [1.807, 2.05) is 31.2 Å². The third kappa shape index (κ3) is 2.74. The molecule has 1 aromatic carbocycles. The second kappa shape index (κ2) is 5.39. The fourth-order valence-electron chi connectivity index (χ4n) is 1.73. The fraction of sp³-hybridized carbons (Fsp3) is 0.167. The van der Waals surface area contributed by atoms with E-state index in [0.717, 1.165) is 11.3 Å². The molecule has 2 rings (SSSR count). The van der Waals surface area contributed by atoms with Crippen LogP contribution in [0.5, 0.6) is 0 Å². The fourth-order valence-corrected chi connectivity index (χ4v) is 1.73. The van der Waals surface area contributed by atoms with Gasteiger partial charge >= 0.3 is 5.69 Å². The minimum atomic E-state index is -0.613. The summed E-state index contributed by atoms with van der Waals surface area (Å²) in [5.41, 5.74) is 7.12. The van der Waals surface area contributed by atoms with E-state index < -0.39 is 4.92 Å². The van der Waals surface area contributed by atoms with Gasteiger partial charge in [-0.15, -0.1) is 0 Å². The van der Waals surface area contributed by atoms with Crippen LogP contribution in [0.1, 0.15) is 5.56 Å². The topological polar surface area (TPSA) is 119 Å². The first-order valence-corrected chi connectivity index (χ1v) is 5.84. The van der Waals surface area contributed by atoms with Gasteiger partial charge in [0.1, 0.15) is 0 Å². The molecule has 0 aliphatic heterocycles. The van der Waals surface area contributed by atoms with Crippen LogP contribution in [0.15, 0.2) is 24.3 Å². The van der Waals surface area contributed by atoms with Crippen molar-refractivity contribution in [2.75, 3.05) is 23.4 Å². The molecule has 8 heteroatoms. The predicted octanol–water partition coefficient (Wildman–Crippen LogP) is 2.06. The number of hydrogen-bond donors (Lipinski definition) is 3. The lowest BCUT2D eigenvalue weighted by Gasteiger charge is -2.09. The Morgan fingerprint density at radius 2 is 2.10 bits per heavy atom. The van der Waals surface area contributed by atoms with Crippen molar-refractivity contribution < 1.29 is 4.92 Å². The molecule has 0 radical (unpaired) electrons. The molecular formula is C12H14N6O2. The predicted molar refractivity (Wildman–Crippen MR) is 77.1 cm³/mol. The molecule has 104 valence electrons. The number of hydrogen-bond acceptors (Lipinski definition) is 7. The summed E-state index contributed by atoms with van der Waals surface area (Å²) >= 11 is 0. The monoisotopic (exact) mass is 274 g/mol. The molecule has 2 aromatic rings. The van der Waals surface area contributed by atoms with Crippen molar-refractivity contribution in [3.63, 3.8) is 0 Å². The smallest absolute Gasteiger partial charge is 0.353 e. The Balaban J connectivity index is 2.39. The lowest BCUT2D eigenvalue weighted by atomic mass is 10.2. The van der Waals surface area contributed by atoms with Gasteiger partial charge in [0.05, 0.1) is 4.92 Å². The number of benzene rings is 1. The van der Waals surface area contributed by atoms with Gasteiger partial charge in [-0.05, 0) is 24.6 Å². The Kier molecular flexibility index (Phi) is 3.65. The number of aromatic nitrogens is 2. The van der Waals surface area contributed by atoms with Gasteiger partial charge < -0.3 is 16.4 Å². The van der Waals surface area contributed by atoms with Gasteiger partial charge in [0, 0.05) is 12.7 Å². The maximum Gasteiger partial charge on any atom is 0.353 e. The number of nitrogens with zero attached hydrogens (tertiary/aromatic N) is 3. The normalized spacial score (nSPS) is 10.1. The van der Waals surface area contributed by atoms with Crippen LogP contribution in [0.2, 0.25) is 0 Å². The van der Waals surface area contributed by atoms with Crippen LogP contribution in [0.25, 0.3) is 0 Å². The molecule has 1 heterocycles. The van der Waals surface area contributed by atoms with E-state index in [1.54, 1.807) is 0 Å². The zero-order valence-corrected chi connectivity index (χ0v) is 11.0. The summed E-state index contributed by atoms with van der Waals surface area (Å²) in [6, 6.07) is 7.58. The second-order valence-electron chi connectivity index (χ2n) is 4.13. The van der Waals surface area contributed by atoms with Gasteiger partial charge in [0.15, 0.2) is 0 Å². The summed E-state index contributed by atoms with van der Waals surface area (Å²) in [4.78, 5) is 18.2. The number of anilines is 4. The van der Waals surface area contributed by atoms with E-state index in [-0.39, 0.29) is 23.3 Å². The van der Waals surface area contributed by atoms with Crippen molar-refractivity contribution in [3.8, 4) is 0 Å². The van der Waals surface area contributed by atoms with Gasteiger partial charge in [-0.25, -0.2) is 0 Å². The van der Waals surface area contributed by atoms with Gasteiger partial charge in [-0.3, -0.25) is 10.1 Å². The number of nitrogens with two attached hydrogens (primary N) is 1. The van der Waals surface area contributed by atoms with Crippen LogP contribution >= 0.6 is 0 Å². The van der Waals surface area contributed by atoms with Crippen molar-refractivity contribution in [3.05, 3.63) is 39.9 Å². The van der Waals surface area contributed by atoms with Crippen molar-refractivity contribution >= 4 is 29.0 Å². The zero-order valence-electron chi connectivity index (χ0n) is 11.0. The summed E-state index contributed by atoms with van der Waals surface area (Å²) in [7, 11) is 1.53. The standard InChI is InChI=1S/C12H14N6O2/c1-7-4-3-5-8(6-7)15-12-16-10(13)9(18(19)20)11(14-2)17-12/h3-6H,1-2H3,(H4,13,14,15,16,17). The van der Waals surface area contributed by atoms with E-state index in [1.165, 1.54) is 7.05 Å². The van der Waals surface area contributed by atoms with Crippen LogP contribution in [0, 0.1) is 17.0 Å². The number of rotatable bonds is 4. The van der Waals surface area contributed by atoms with Crippen LogP contribution in [0.4, 0.5) is 29.0 Å². The summed E-state index contributed by atoms with van der Waals surface area (Å²) in [5.74, 6) is 0.0743. The SMILES string of the molecule is CNc1nc(Nc2cccc(C)c2)nc(N)c1[N+](=O)[O-]. The number of nitrogens with one attached hydrogen (secondary N) is 2. The highest BCUT2D eigenvalue weighted by molar-refractivity contribution is 5.71. The maximum absolute atomic E-state index is 10.9. The van der Waals surface area contributed by atoms with Gasteiger partial charge in [-0.2, -0.15) is 9.97 Å². The Morgan fingerprint density at radius 3 is 2.70 bits per heavy atom. The highest BCUT2D eigenvalue weighted by Gasteiger charge is 2.22. The van der Waals surface area contributed by atoms with Crippen LogP contribution in [0.3, 0.4) is 0 Å². The van der Waals surface area contributed by atoms with Crippen LogP contribution in [-0.4, -0.2) is 21.9 Å². The molecule has 0 aliphatic rings. The first-order chi connectivity index (χ1) is 9.51. The molecule has 0 aliphatic carbocycles. The van der Waals surface area contributed by atoms with Crippen molar-refractivity contribution in [2.24, 2.45) is 0 Å². The molecule has 0 atom stereocenters. The van der Waals surface area contributed by atoms with E-state index in [9.17, 15) is 10.1 Å². The molecule has 0 saturated carbocycles. The summed E-state index contributed by atoms with van der Waals surface area (Å²) in [5, 5.41) is 16.5. The number of aryl methyl sites for hydroxylation is 1. The lowest BCUT2D eigenvalue weighted by Crippen LogP contribution is -2.08. The minimum Gasteiger partial charge on any atom is -0.378 e. The van der Waals surface area contributed by atoms with Gasteiger partial charge in [-0.1, -0.05) is 12.1 Å². The van der Waals surface area contributed by atoms with E-state index in [2.05, 4.69) is 20.6 Å². The summed E-state index contributed by atoms with van der Waals surface area (Å²) in [6.45, 7) is 1.95. The molecule has 0 unspecified atom stereocenters. The molecule has 0 fully saturated rings. The highest BCUT2D eigenvalue weighted by atomic mass is 16.6. The number of nitro groups is 1. The van der Waals surface area contributed by atoms with E-state index >= 15 is 0 Å². The zero-order chi connectivity index (χ0) is 14.7. The second-order valence-corrected chi connectivity index (χ2v) is 4.13. The molecule has 4 N–H and O–H groups in total. The molecule has 0 saturated heterocycles. The molecule has 0 spiro atoms. The van der Waals surface area contributed by atoms with E-state index in [4.69, 9.17) is 5.73 Å². The van der Waals surface area contributed by atoms with Crippen LogP contribution in [-0.2, 0) is 0 Å². The molecule has 0 bridgehead atoms. The third-order valence-corrected chi connectivity index (χ3v) is 2.60. The van der Waals surface area contributed by atoms with Crippen molar-refractivity contribution in [1.29, 1.82) is 0 Å². The Labute approximate surface area is 115 Å². The lowest BCUT2D eigenvalue weighted by molar-refractivity contribution is -0.383. The summed E-state index contributed by atoms with van der Waals surface area (Å²) in [6.07, 6.45) is 0.